The number of thiazole rings is 1. The van der Waals surface area contributed by atoms with Gasteiger partial charge in [-0.1, -0.05) is 11.6 Å². The van der Waals surface area contributed by atoms with Crippen LogP contribution >= 0.6 is 22.9 Å². The maximum Gasteiger partial charge on any atom is 0.231 e. The van der Waals surface area contributed by atoms with E-state index in [1.165, 1.54) is 16.2 Å². The van der Waals surface area contributed by atoms with Gasteiger partial charge in [-0.15, -0.1) is 21.5 Å². The molecule has 4 rings (SSSR count). The molecule has 1 aromatic carbocycles. The molecule has 11 nitrogen and oxygen atoms in total. The number of carbonyl (C=O) groups excluding carboxylic acids is 3. The normalized spacial score (nSPS) is 16.0. The van der Waals surface area contributed by atoms with Crippen LogP contribution in [0.4, 0.5) is 10.8 Å². The summed E-state index contributed by atoms with van der Waals surface area (Å²) in [5.41, 5.74) is 6.98. The van der Waals surface area contributed by atoms with E-state index in [-0.39, 0.29) is 31.2 Å². The van der Waals surface area contributed by atoms with Gasteiger partial charge in [-0.25, -0.2) is 4.98 Å². The molecule has 1 aliphatic rings. The second-order valence-corrected chi connectivity index (χ2v) is 8.17. The molecule has 3 heterocycles. The molecular weight excluding hydrogens is 444 g/mol. The Kier molecular flexibility index (Phi) is 5.91. The Labute approximate surface area is 185 Å². The van der Waals surface area contributed by atoms with Gasteiger partial charge in [-0.2, -0.15) is 5.21 Å². The van der Waals surface area contributed by atoms with E-state index in [2.05, 4.69) is 30.9 Å². The minimum absolute atomic E-state index is 0.0793. The van der Waals surface area contributed by atoms with Crippen LogP contribution in [0.1, 0.15) is 18.5 Å². The predicted octanol–water partition coefficient (Wildman–Crippen LogP) is 1.39. The molecule has 0 bridgehead atoms. The molecule has 13 heteroatoms. The van der Waals surface area contributed by atoms with Crippen molar-refractivity contribution < 1.29 is 14.4 Å². The van der Waals surface area contributed by atoms with E-state index < -0.39 is 11.8 Å². The van der Waals surface area contributed by atoms with Crippen molar-refractivity contribution in [2.45, 2.75) is 19.3 Å². The lowest BCUT2D eigenvalue weighted by Gasteiger charge is -2.17. The van der Waals surface area contributed by atoms with Crippen LogP contribution in [0.2, 0.25) is 5.02 Å². The standard InChI is InChI=1S/C18H17ClN8O3S/c19-13-6-11(2-3-12(13)16-23-25-26-24-16)27-7-9(5-15(27)29)17(30)22-18-21-10(8-31-18)1-4-14(20)28/h2-3,6,8-9H,1,4-5,7H2,(H2,20,28)(H,21,22,30)(H,23,24,25,26). The zero-order valence-corrected chi connectivity index (χ0v) is 17.6. The number of hydrogen-bond donors (Lipinski definition) is 3. The van der Waals surface area contributed by atoms with Crippen molar-refractivity contribution in [3.8, 4) is 11.4 Å². The van der Waals surface area contributed by atoms with Crippen LogP contribution in [0.25, 0.3) is 11.4 Å². The Morgan fingerprint density at radius 1 is 1.39 bits per heavy atom. The quantitative estimate of drug-likeness (QED) is 0.480. The van der Waals surface area contributed by atoms with E-state index in [0.717, 1.165) is 0 Å². The number of benzene rings is 1. The van der Waals surface area contributed by atoms with Gasteiger partial charge in [0, 0.05) is 36.0 Å². The van der Waals surface area contributed by atoms with Crippen molar-refractivity contribution in [3.63, 3.8) is 0 Å². The highest BCUT2D eigenvalue weighted by Crippen LogP contribution is 2.32. The number of halogens is 1. The monoisotopic (exact) mass is 460 g/mol. The number of aryl methyl sites for hydroxylation is 1. The number of primary amides is 1. The van der Waals surface area contributed by atoms with Crippen LogP contribution in [0.15, 0.2) is 23.6 Å². The molecule has 2 aromatic heterocycles. The number of nitrogens with one attached hydrogen (secondary N) is 2. The summed E-state index contributed by atoms with van der Waals surface area (Å²) < 4.78 is 0. The van der Waals surface area contributed by atoms with Gasteiger partial charge >= 0.3 is 0 Å². The van der Waals surface area contributed by atoms with Crippen LogP contribution in [0.3, 0.4) is 0 Å². The molecule has 31 heavy (non-hydrogen) atoms. The van der Waals surface area contributed by atoms with Gasteiger partial charge in [0.2, 0.25) is 23.5 Å². The first-order valence-corrected chi connectivity index (χ1v) is 10.5. The molecule has 0 aliphatic carbocycles. The molecule has 3 aromatic rings. The summed E-state index contributed by atoms with van der Waals surface area (Å²) in [4.78, 5) is 41.8. The van der Waals surface area contributed by atoms with Crippen molar-refractivity contribution in [3.05, 3.63) is 34.3 Å². The van der Waals surface area contributed by atoms with Gasteiger partial charge in [0.1, 0.15) is 0 Å². The number of nitrogens with zero attached hydrogens (tertiary/aromatic N) is 5. The number of carbonyl (C=O) groups is 3. The number of nitrogens with two attached hydrogens (primary N) is 1. The highest BCUT2D eigenvalue weighted by Gasteiger charge is 2.35. The molecule has 1 aliphatic heterocycles. The van der Waals surface area contributed by atoms with Crippen LogP contribution < -0.4 is 16.0 Å². The van der Waals surface area contributed by atoms with Crippen LogP contribution in [-0.4, -0.2) is 49.9 Å². The first-order valence-electron chi connectivity index (χ1n) is 9.28. The molecule has 160 valence electrons. The number of anilines is 2. The average Bonchev–Trinajstić information content (AvgIpc) is 3.47. The molecule has 0 radical (unpaired) electrons. The fraction of sp³-hybridized carbons (Fsp3) is 0.278. The van der Waals surface area contributed by atoms with E-state index in [0.29, 0.717) is 39.3 Å². The lowest BCUT2D eigenvalue weighted by molar-refractivity contribution is -0.122. The van der Waals surface area contributed by atoms with Crippen molar-refractivity contribution in [1.29, 1.82) is 0 Å². The van der Waals surface area contributed by atoms with E-state index >= 15 is 0 Å². The van der Waals surface area contributed by atoms with Gasteiger partial charge in [0.25, 0.3) is 0 Å². The fourth-order valence-electron chi connectivity index (χ4n) is 3.20. The van der Waals surface area contributed by atoms with Crippen molar-refractivity contribution in [1.82, 2.24) is 25.6 Å². The molecule has 4 N–H and O–H groups in total. The average molecular weight is 461 g/mol. The first-order chi connectivity index (χ1) is 14.9. The van der Waals surface area contributed by atoms with Crippen molar-refractivity contribution >= 4 is 51.5 Å². The van der Waals surface area contributed by atoms with Crippen LogP contribution in [0, 0.1) is 5.92 Å². The number of aromatic nitrogens is 5. The van der Waals surface area contributed by atoms with Gasteiger partial charge in [0.05, 0.1) is 16.6 Å². The molecule has 1 fully saturated rings. The number of tetrazole rings is 1. The van der Waals surface area contributed by atoms with Gasteiger partial charge < -0.3 is 16.0 Å². The zero-order chi connectivity index (χ0) is 22.0. The van der Waals surface area contributed by atoms with E-state index in [1.54, 1.807) is 23.6 Å². The third kappa shape index (κ3) is 4.70. The second kappa shape index (κ2) is 8.78. The Morgan fingerprint density at radius 2 is 2.23 bits per heavy atom. The highest BCUT2D eigenvalue weighted by atomic mass is 35.5. The Balaban J connectivity index is 1.40. The number of H-pyrrole nitrogens is 1. The number of hydrogen-bond acceptors (Lipinski definition) is 8. The predicted molar refractivity (Wildman–Crippen MR) is 113 cm³/mol. The van der Waals surface area contributed by atoms with Crippen molar-refractivity contribution in [2.75, 3.05) is 16.8 Å². The second-order valence-electron chi connectivity index (χ2n) is 6.90. The molecular formula is C18H17ClN8O3S. The number of amides is 3. The summed E-state index contributed by atoms with van der Waals surface area (Å²) in [6, 6.07) is 5.06. The lowest BCUT2D eigenvalue weighted by atomic mass is 10.1. The minimum Gasteiger partial charge on any atom is -0.370 e. The lowest BCUT2D eigenvalue weighted by Crippen LogP contribution is -2.28. The third-order valence-corrected chi connectivity index (χ3v) is 5.88. The number of rotatable bonds is 7. The Morgan fingerprint density at radius 3 is 2.94 bits per heavy atom. The zero-order valence-electron chi connectivity index (χ0n) is 16.0. The Bertz CT molecular complexity index is 1130. The molecule has 0 saturated carbocycles. The summed E-state index contributed by atoms with van der Waals surface area (Å²) in [5, 5.41) is 18.9. The summed E-state index contributed by atoms with van der Waals surface area (Å²) in [5.74, 6) is -1.05. The van der Waals surface area contributed by atoms with Crippen molar-refractivity contribution in [2.24, 2.45) is 11.7 Å². The maximum absolute atomic E-state index is 12.6. The van der Waals surface area contributed by atoms with Crippen LogP contribution in [0.5, 0.6) is 0 Å². The summed E-state index contributed by atoms with van der Waals surface area (Å²) in [6.07, 6.45) is 0.686. The van der Waals surface area contributed by atoms with Crippen LogP contribution in [-0.2, 0) is 20.8 Å². The molecule has 1 unspecified atom stereocenters. The third-order valence-electron chi connectivity index (χ3n) is 4.76. The minimum atomic E-state index is -0.527. The SMILES string of the molecule is NC(=O)CCc1csc(NC(=O)C2CC(=O)N(c3ccc(-c4nn[nH]n4)c(Cl)c3)C2)n1. The van der Waals surface area contributed by atoms with E-state index in [4.69, 9.17) is 17.3 Å². The fourth-order valence-corrected chi connectivity index (χ4v) is 4.21. The molecule has 1 atom stereocenters. The number of aromatic amines is 1. The largest absolute Gasteiger partial charge is 0.370 e. The smallest absolute Gasteiger partial charge is 0.231 e. The molecule has 1 saturated heterocycles. The highest BCUT2D eigenvalue weighted by molar-refractivity contribution is 7.13. The Hall–Kier alpha value is -3.38. The van der Waals surface area contributed by atoms with E-state index in [1.807, 2.05) is 0 Å². The summed E-state index contributed by atoms with van der Waals surface area (Å²) in [6.45, 7) is 0.225. The van der Waals surface area contributed by atoms with Gasteiger partial charge in [-0.3, -0.25) is 14.4 Å². The van der Waals surface area contributed by atoms with Gasteiger partial charge in [-0.05, 0) is 29.8 Å². The summed E-state index contributed by atoms with van der Waals surface area (Å²) in [7, 11) is 0. The topological polar surface area (TPSA) is 160 Å². The first kappa shape index (κ1) is 20.9. The molecule has 0 spiro atoms. The molecule has 3 amide bonds. The summed E-state index contributed by atoms with van der Waals surface area (Å²) >= 11 is 7.58. The van der Waals surface area contributed by atoms with Gasteiger partial charge in [0.15, 0.2) is 5.13 Å². The maximum atomic E-state index is 12.6. The van der Waals surface area contributed by atoms with E-state index in [9.17, 15) is 14.4 Å².